The van der Waals surface area contributed by atoms with Gasteiger partial charge in [-0.05, 0) is 35.4 Å². The van der Waals surface area contributed by atoms with E-state index in [1.165, 1.54) is 17.0 Å². The maximum absolute atomic E-state index is 13.4. The van der Waals surface area contributed by atoms with Crippen molar-refractivity contribution in [2.24, 2.45) is 0 Å². The Balaban J connectivity index is 1.67. The molecular weight excluding hydrogens is 345 g/mol. The van der Waals surface area contributed by atoms with Gasteiger partial charge in [0, 0.05) is 42.1 Å². The summed E-state index contributed by atoms with van der Waals surface area (Å²) in [6.07, 6.45) is 8.34. The van der Waals surface area contributed by atoms with Crippen LogP contribution in [0.3, 0.4) is 0 Å². The van der Waals surface area contributed by atoms with Crippen molar-refractivity contribution in [1.82, 2.24) is 14.8 Å². The molecule has 0 aliphatic carbocycles. The van der Waals surface area contributed by atoms with Gasteiger partial charge in [0.25, 0.3) is 5.91 Å². The first-order valence-corrected chi connectivity index (χ1v) is 8.32. The Hall–Kier alpha value is -3.67. The van der Waals surface area contributed by atoms with Crippen LogP contribution < -0.4 is 0 Å². The lowest BCUT2D eigenvalue weighted by Crippen LogP contribution is -2.38. The summed E-state index contributed by atoms with van der Waals surface area (Å²) in [5, 5.41) is 10.6. The number of amides is 1. The molecule has 0 radical (unpaired) electrons. The first-order valence-electron chi connectivity index (χ1n) is 8.32. The average Bonchev–Trinajstić information content (AvgIpc) is 2.67. The fourth-order valence-corrected chi connectivity index (χ4v) is 3.10. The van der Waals surface area contributed by atoms with Gasteiger partial charge in [-0.2, -0.15) is 0 Å². The third-order valence-corrected chi connectivity index (χ3v) is 4.47. The minimum absolute atomic E-state index is 0.122. The molecule has 27 heavy (non-hydrogen) atoms. The Bertz CT molecular complexity index is 1020. The lowest BCUT2D eigenvalue weighted by atomic mass is 9.95. The van der Waals surface area contributed by atoms with Crippen molar-refractivity contribution in [1.29, 1.82) is 0 Å². The van der Waals surface area contributed by atoms with Crippen molar-refractivity contribution >= 4 is 11.5 Å². The molecule has 1 amide bonds. The second-order valence-corrected chi connectivity index (χ2v) is 6.22. The molecule has 0 bridgehead atoms. The van der Waals surface area contributed by atoms with Crippen molar-refractivity contribution in [3.8, 4) is 0 Å². The van der Waals surface area contributed by atoms with Crippen LogP contribution in [0.15, 0.2) is 91.0 Å². The van der Waals surface area contributed by atoms with Gasteiger partial charge in [0.1, 0.15) is 5.82 Å². The molecule has 1 N–H and O–H groups in total. The molecule has 2 aromatic rings. The van der Waals surface area contributed by atoms with Crippen LogP contribution in [0.5, 0.6) is 0 Å². The normalized spacial score (nSPS) is 16.6. The summed E-state index contributed by atoms with van der Waals surface area (Å²) in [6, 6.07) is 9.68. The SMILES string of the molecule is C=C1C(c2ccncc2)=CN2C=CN(Cc3cccc(F)c3)C(=O)C2=C1O. The third-order valence-electron chi connectivity index (χ3n) is 4.47. The van der Waals surface area contributed by atoms with Gasteiger partial charge in [0.15, 0.2) is 11.5 Å². The van der Waals surface area contributed by atoms with Gasteiger partial charge in [0.2, 0.25) is 0 Å². The molecule has 2 aliphatic heterocycles. The molecule has 1 aromatic carbocycles. The summed E-state index contributed by atoms with van der Waals surface area (Å²) in [4.78, 5) is 19.9. The zero-order chi connectivity index (χ0) is 19.0. The molecule has 0 spiro atoms. The predicted molar refractivity (Wildman–Crippen MR) is 98.9 cm³/mol. The Morgan fingerprint density at radius 1 is 1.15 bits per heavy atom. The van der Waals surface area contributed by atoms with Crippen molar-refractivity contribution < 1.29 is 14.3 Å². The lowest BCUT2D eigenvalue weighted by molar-refractivity contribution is -0.127. The predicted octanol–water partition coefficient (Wildman–Crippen LogP) is 3.72. The van der Waals surface area contributed by atoms with Crippen molar-refractivity contribution in [3.05, 3.63) is 108 Å². The maximum atomic E-state index is 13.4. The standard InChI is InChI=1S/C21H16FN3O2/c1-14-18(16-5-7-23-8-6-16)13-24-9-10-25(21(27)19(24)20(14)26)12-15-3-2-4-17(22)11-15/h2-11,13,26H,1,12H2. The van der Waals surface area contributed by atoms with E-state index < -0.39 is 0 Å². The summed E-state index contributed by atoms with van der Waals surface area (Å²) in [5.41, 5.74) is 2.68. The highest BCUT2D eigenvalue weighted by Gasteiger charge is 2.33. The number of halogens is 1. The zero-order valence-electron chi connectivity index (χ0n) is 14.3. The van der Waals surface area contributed by atoms with Crippen LogP contribution in [-0.2, 0) is 11.3 Å². The van der Waals surface area contributed by atoms with Crippen molar-refractivity contribution in [3.63, 3.8) is 0 Å². The number of fused-ring (bicyclic) bond motifs is 1. The number of benzene rings is 1. The van der Waals surface area contributed by atoms with E-state index in [2.05, 4.69) is 11.6 Å². The van der Waals surface area contributed by atoms with Crippen LogP contribution in [0.25, 0.3) is 5.57 Å². The van der Waals surface area contributed by atoms with E-state index in [4.69, 9.17) is 0 Å². The maximum Gasteiger partial charge on any atom is 0.279 e. The summed E-state index contributed by atoms with van der Waals surface area (Å²) in [7, 11) is 0. The first-order chi connectivity index (χ1) is 13.0. The van der Waals surface area contributed by atoms with E-state index in [1.54, 1.807) is 60.2 Å². The number of rotatable bonds is 3. The van der Waals surface area contributed by atoms with Gasteiger partial charge in [-0.15, -0.1) is 0 Å². The molecule has 134 valence electrons. The molecule has 1 aromatic heterocycles. The van der Waals surface area contributed by atoms with Crippen LogP contribution in [0, 0.1) is 5.82 Å². The number of aromatic nitrogens is 1. The molecule has 0 saturated carbocycles. The average molecular weight is 361 g/mol. The van der Waals surface area contributed by atoms with E-state index in [0.717, 1.165) is 5.56 Å². The van der Waals surface area contributed by atoms with Gasteiger partial charge < -0.3 is 14.9 Å². The lowest BCUT2D eigenvalue weighted by Gasteiger charge is -2.34. The van der Waals surface area contributed by atoms with E-state index in [1.807, 2.05) is 0 Å². The first kappa shape index (κ1) is 16.8. The van der Waals surface area contributed by atoms with Gasteiger partial charge >= 0.3 is 0 Å². The number of pyridine rings is 1. The topological polar surface area (TPSA) is 56.7 Å². The third kappa shape index (κ3) is 3.01. The van der Waals surface area contributed by atoms with Gasteiger partial charge in [-0.1, -0.05) is 18.7 Å². The summed E-state index contributed by atoms with van der Waals surface area (Å²) in [5.74, 6) is -0.922. The minimum Gasteiger partial charge on any atom is -0.505 e. The van der Waals surface area contributed by atoms with Gasteiger partial charge in [-0.25, -0.2) is 4.39 Å². The molecule has 4 rings (SSSR count). The smallest absolute Gasteiger partial charge is 0.279 e. The molecule has 0 unspecified atom stereocenters. The number of aliphatic hydroxyl groups is 1. The highest BCUT2D eigenvalue weighted by molar-refractivity contribution is 5.99. The minimum atomic E-state index is -0.384. The Morgan fingerprint density at radius 2 is 1.93 bits per heavy atom. The number of hydrogen-bond donors (Lipinski definition) is 1. The number of hydrogen-bond acceptors (Lipinski definition) is 4. The second kappa shape index (κ2) is 6.57. The number of nitrogens with zero attached hydrogens (tertiary/aromatic N) is 3. The second-order valence-electron chi connectivity index (χ2n) is 6.22. The quantitative estimate of drug-likeness (QED) is 0.905. The van der Waals surface area contributed by atoms with Crippen LogP contribution in [0.1, 0.15) is 11.1 Å². The zero-order valence-corrected chi connectivity index (χ0v) is 14.3. The highest BCUT2D eigenvalue weighted by atomic mass is 19.1. The largest absolute Gasteiger partial charge is 0.505 e. The van der Waals surface area contributed by atoms with E-state index in [0.29, 0.717) is 16.7 Å². The molecule has 6 heteroatoms. The Kier molecular flexibility index (Phi) is 4.08. The van der Waals surface area contributed by atoms with E-state index in [-0.39, 0.29) is 29.7 Å². The van der Waals surface area contributed by atoms with E-state index >= 15 is 0 Å². The Morgan fingerprint density at radius 3 is 2.67 bits per heavy atom. The van der Waals surface area contributed by atoms with Crippen LogP contribution in [0.4, 0.5) is 4.39 Å². The number of carbonyl (C=O) groups is 1. The molecule has 0 atom stereocenters. The fourth-order valence-electron chi connectivity index (χ4n) is 3.10. The molecule has 3 heterocycles. The summed E-state index contributed by atoms with van der Waals surface area (Å²) >= 11 is 0. The fraction of sp³-hybridized carbons (Fsp3) is 0.0476. The van der Waals surface area contributed by atoms with Crippen LogP contribution >= 0.6 is 0 Å². The molecule has 0 saturated heterocycles. The van der Waals surface area contributed by atoms with Crippen LogP contribution in [-0.4, -0.2) is 25.8 Å². The van der Waals surface area contributed by atoms with Crippen LogP contribution in [0.2, 0.25) is 0 Å². The Labute approximate surface area is 155 Å². The highest BCUT2D eigenvalue weighted by Crippen LogP contribution is 2.36. The van der Waals surface area contributed by atoms with Crippen molar-refractivity contribution in [2.75, 3.05) is 0 Å². The van der Waals surface area contributed by atoms with E-state index in [9.17, 15) is 14.3 Å². The number of carbonyl (C=O) groups excluding carboxylic acids is 1. The van der Waals surface area contributed by atoms with Gasteiger partial charge in [-0.3, -0.25) is 9.78 Å². The summed E-state index contributed by atoms with van der Waals surface area (Å²) < 4.78 is 13.4. The molecule has 0 fully saturated rings. The summed E-state index contributed by atoms with van der Waals surface area (Å²) in [6.45, 7) is 4.13. The van der Waals surface area contributed by atoms with Crippen molar-refractivity contribution in [2.45, 2.75) is 6.54 Å². The number of aliphatic hydroxyl groups excluding tert-OH is 1. The molecule has 5 nitrogen and oxygen atoms in total. The molecular formula is C21H16FN3O2. The molecule has 2 aliphatic rings. The van der Waals surface area contributed by atoms with Gasteiger partial charge in [0.05, 0.1) is 6.54 Å². The number of allylic oxidation sites excluding steroid dienone is 1. The monoisotopic (exact) mass is 361 g/mol.